The highest BCUT2D eigenvalue weighted by atomic mass is 32.2. The molecule has 0 saturated carbocycles. The van der Waals surface area contributed by atoms with Crippen LogP contribution in [0.25, 0.3) is 0 Å². The van der Waals surface area contributed by atoms with Gasteiger partial charge in [-0.15, -0.1) is 0 Å². The van der Waals surface area contributed by atoms with E-state index in [9.17, 15) is 8.42 Å². The number of nitrogens with zero attached hydrogens (tertiary/aromatic N) is 1. The molecule has 0 aliphatic rings. The fraction of sp³-hybridized carbons (Fsp3) is 0.444. The summed E-state index contributed by atoms with van der Waals surface area (Å²) in [4.78, 5) is 0. The molecule has 0 aliphatic heterocycles. The minimum atomic E-state index is -3.45. The van der Waals surface area contributed by atoms with Crippen molar-refractivity contribution in [1.29, 1.82) is 0 Å². The summed E-state index contributed by atoms with van der Waals surface area (Å²) in [6, 6.07) is 11.4. The lowest BCUT2D eigenvalue weighted by atomic mass is 10.1. The maximum Gasteiger partial charge on any atom is 0.279 e. The minimum Gasteiger partial charge on any atom is -0.467 e. The molecule has 2 rings (SSSR count). The van der Waals surface area contributed by atoms with Crippen LogP contribution >= 0.6 is 0 Å². The van der Waals surface area contributed by atoms with Crippen LogP contribution in [0, 0.1) is 0 Å². The first-order valence-electron chi connectivity index (χ1n) is 8.40. The molecular weight excluding hydrogens is 340 g/mol. The smallest absolute Gasteiger partial charge is 0.279 e. The Morgan fingerprint density at radius 3 is 2.68 bits per heavy atom. The van der Waals surface area contributed by atoms with E-state index in [4.69, 9.17) is 9.15 Å². The summed E-state index contributed by atoms with van der Waals surface area (Å²) in [5, 5.41) is 0. The molecule has 1 aromatic heterocycles. The van der Waals surface area contributed by atoms with Crippen molar-refractivity contribution in [1.82, 2.24) is 9.03 Å². The van der Waals surface area contributed by atoms with Gasteiger partial charge >= 0.3 is 0 Å². The maximum atomic E-state index is 12.2. The average molecular weight is 366 g/mol. The number of furan rings is 1. The van der Waals surface area contributed by atoms with Crippen LogP contribution in [0.5, 0.6) is 0 Å². The molecule has 138 valence electrons. The molecule has 0 amide bonds. The molecule has 0 unspecified atom stereocenters. The summed E-state index contributed by atoms with van der Waals surface area (Å²) in [6.45, 7) is 3.66. The fourth-order valence-electron chi connectivity index (χ4n) is 2.28. The predicted molar refractivity (Wildman–Crippen MR) is 96.9 cm³/mol. The van der Waals surface area contributed by atoms with Crippen molar-refractivity contribution in [3.05, 3.63) is 59.5 Å². The van der Waals surface area contributed by atoms with Crippen LogP contribution in [-0.4, -0.2) is 26.3 Å². The molecule has 1 heterocycles. The van der Waals surface area contributed by atoms with Crippen molar-refractivity contribution in [2.45, 2.75) is 39.5 Å². The zero-order valence-corrected chi connectivity index (χ0v) is 15.6. The SMILES string of the molecule is CCCCN(C)S(=O)(=O)NCc1cccc(COCc2ccco2)c1. The molecule has 0 aliphatic carbocycles. The number of hydrogen-bond acceptors (Lipinski definition) is 4. The Hall–Kier alpha value is -1.67. The van der Waals surface area contributed by atoms with Gasteiger partial charge in [-0.25, -0.2) is 0 Å². The number of ether oxygens (including phenoxy) is 1. The van der Waals surface area contributed by atoms with E-state index in [1.807, 2.05) is 43.3 Å². The Labute approximate surface area is 150 Å². The minimum absolute atomic E-state index is 0.255. The standard InChI is InChI=1S/C18H26N2O4S/c1-3-4-10-20(2)25(21,22)19-13-16-7-5-8-17(12-16)14-23-15-18-9-6-11-24-18/h5-9,11-12,19H,3-4,10,13-15H2,1-2H3. The van der Waals surface area contributed by atoms with Crippen molar-refractivity contribution in [2.24, 2.45) is 0 Å². The van der Waals surface area contributed by atoms with Gasteiger partial charge in [-0.2, -0.15) is 17.4 Å². The topological polar surface area (TPSA) is 71.8 Å². The van der Waals surface area contributed by atoms with Gasteiger partial charge in [0.25, 0.3) is 10.2 Å². The van der Waals surface area contributed by atoms with Crippen molar-refractivity contribution >= 4 is 10.2 Å². The van der Waals surface area contributed by atoms with E-state index in [1.165, 1.54) is 4.31 Å². The molecule has 0 saturated heterocycles. The second kappa shape index (κ2) is 9.72. The molecule has 7 heteroatoms. The van der Waals surface area contributed by atoms with E-state index < -0.39 is 10.2 Å². The molecule has 6 nitrogen and oxygen atoms in total. The quantitative estimate of drug-likeness (QED) is 0.663. The fourth-order valence-corrected chi connectivity index (χ4v) is 3.22. The largest absolute Gasteiger partial charge is 0.467 e. The van der Waals surface area contributed by atoms with Crippen LogP contribution < -0.4 is 4.72 Å². The van der Waals surface area contributed by atoms with Gasteiger partial charge in [-0.05, 0) is 29.7 Å². The van der Waals surface area contributed by atoms with Crippen LogP contribution in [0.4, 0.5) is 0 Å². The Kier molecular flexibility index (Phi) is 7.64. The van der Waals surface area contributed by atoms with Gasteiger partial charge in [0, 0.05) is 20.1 Å². The molecule has 0 bridgehead atoms. The predicted octanol–water partition coefficient (Wildman–Crippen LogP) is 3.06. The number of nitrogens with one attached hydrogen (secondary N) is 1. The van der Waals surface area contributed by atoms with Crippen LogP contribution in [0.15, 0.2) is 47.1 Å². The second-order valence-corrected chi connectivity index (χ2v) is 7.76. The first-order chi connectivity index (χ1) is 12.0. The van der Waals surface area contributed by atoms with E-state index in [0.29, 0.717) is 19.8 Å². The Morgan fingerprint density at radius 1 is 1.16 bits per heavy atom. The normalized spacial score (nSPS) is 12.0. The number of unbranched alkanes of at least 4 members (excludes halogenated alkanes) is 1. The maximum absolute atomic E-state index is 12.2. The lowest BCUT2D eigenvalue weighted by Gasteiger charge is -2.17. The summed E-state index contributed by atoms with van der Waals surface area (Å²) >= 11 is 0. The summed E-state index contributed by atoms with van der Waals surface area (Å²) in [6.07, 6.45) is 3.42. The van der Waals surface area contributed by atoms with Crippen molar-refractivity contribution < 1.29 is 17.6 Å². The third kappa shape index (κ3) is 6.62. The van der Waals surface area contributed by atoms with E-state index in [1.54, 1.807) is 13.3 Å². The summed E-state index contributed by atoms with van der Waals surface area (Å²) < 4.78 is 39.2. The summed E-state index contributed by atoms with van der Waals surface area (Å²) in [5.74, 6) is 0.777. The molecular formula is C18H26N2O4S. The average Bonchev–Trinajstić information content (AvgIpc) is 3.12. The third-order valence-electron chi connectivity index (χ3n) is 3.78. The van der Waals surface area contributed by atoms with Gasteiger partial charge in [-0.1, -0.05) is 37.6 Å². The van der Waals surface area contributed by atoms with Crippen molar-refractivity contribution in [2.75, 3.05) is 13.6 Å². The molecule has 1 aromatic carbocycles. The highest BCUT2D eigenvalue weighted by Crippen LogP contribution is 2.10. The van der Waals surface area contributed by atoms with Gasteiger partial charge < -0.3 is 9.15 Å². The monoisotopic (exact) mass is 366 g/mol. The van der Waals surface area contributed by atoms with Crippen molar-refractivity contribution in [3.8, 4) is 0 Å². The molecule has 0 fully saturated rings. The molecule has 0 spiro atoms. The Balaban J connectivity index is 1.84. The highest BCUT2D eigenvalue weighted by molar-refractivity contribution is 7.87. The molecule has 25 heavy (non-hydrogen) atoms. The first kappa shape index (κ1) is 19.7. The number of rotatable bonds is 11. The summed E-state index contributed by atoms with van der Waals surface area (Å²) in [7, 11) is -1.86. The Bertz CT molecular complexity index is 729. The van der Waals surface area contributed by atoms with E-state index in [-0.39, 0.29) is 6.54 Å². The lowest BCUT2D eigenvalue weighted by Crippen LogP contribution is -2.38. The van der Waals surface area contributed by atoms with Crippen LogP contribution in [0.1, 0.15) is 36.7 Å². The molecule has 2 aromatic rings. The van der Waals surface area contributed by atoms with Crippen LogP contribution in [0.3, 0.4) is 0 Å². The molecule has 1 N–H and O–H groups in total. The van der Waals surface area contributed by atoms with Gasteiger partial charge in [0.2, 0.25) is 0 Å². The van der Waals surface area contributed by atoms with Crippen LogP contribution in [-0.2, 0) is 34.7 Å². The lowest BCUT2D eigenvalue weighted by molar-refractivity contribution is 0.0929. The number of benzene rings is 1. The number of hydrogen-bond donors (Lipinski definition) is 1. The van der Waals surface area contributed by atoms with Gasteiger partial charge in [0.05, 0.1) is 12.9 Å². The Morgan fingerprint density at radius 2 is 1.96 bits per heavy atom. The molecule has 0 atom stereocenters. The van der Waals surface area contributed by atoms with E-state index >= 15 is 0 Å². The zero-order valence-electron chi connectivity index (χ0n) is 14.8. The van der Waals surface area contributed by atoms with Gasteiger partial charge in [0.1, 0.15) is 12.4 Å². The zero-order chi connectivity index (χ0) is 18.1. The van der Waals surface area contributed by atoms with Crippen molar-refractivity contribution in [3.63, 3.8) is 0 Å². The van der Waals surface area contributed by atoms with Gasteiger partial charge in [0.15, 0.2) is 0 Å². The third-order valence-corrected chi connectivity index (χ3v) is 5.29. The van der Waals surface area contributed by atoms with Crippen LogP contribution in [0.2, 0.25) is 0 Å². The first-order valence-corrected chi connectivity index (χ1v) is 9.84. The second-order valence-electron chi connectivity index (χ2n) is 5.89. The molecule has 0 radical (unpaired) electrons. The summed E-state index contributed by atoms with van der Waals surface area (Å²) in [5.41, 5.74) is 1.88. The van der Waals surface area contributed by atoms with Gasteiger partial charge in [-0.3, -0.25) is 0 Å². The highest BCUT2D eigenvalue weighted by Gasteiger charge is 2.16. The van der Waals surface area contributed by atoms with E-state index in [2.05, 4.69) is 4.72 Å². The van der Waals surface area contributed by atoms with E-state index in [0.717, 1.165) is 29.7 Å².